The molecule has 166 valence electrons. The molecule has 0 unspecified atom stereocenters. The second-order valence-corrected chi connectivity index (χ2v) is 9.85. The van der Waals surface area contributed by atoms with E-state index < -0.39 is 10.0 Å². The van der Waals surface area contributed by atoms with Gasteiger partial charge in [0.05, 0.1) is 17.7 Å². The number of nitrogens with zero attached hydrogens (tertiary/aromatic N) is 1. The largest absolute Gasteiger partial charge is 0.495 e. The lowest BCUT2D eigenvalue weighted by Gasteiger charge is -2.19. The van der Waals surface area contributed by atoms with Gasteiger partial charge in [-0.05, 0) is 73.9 Å². The highest BCUT2D eigenvalue weighted by Gasteiger charge is 2.28. The van der Waals surface area contributed by atoms with Crippen LogP contribution >= 0.6 is 0 Å². The number of carbonyl (C=O) groups is 1. The first-order valence-corrected chi connectivity index (χ1v) is 12.1. The third kappa shape index (κ3) is 4.70. The number of carbonyl (C=O) groups excluding carboxylic acids is 1. The Morgan fingerprint density at radius 1 is 1.03 bits per heavy atom. The average molecular weight is 445 g/mol. The molecule has 4 rings (SSSR count). The van der Waals surface area contributed by atoms with E-state index in [0.29, 0.717) is 24.5 Å². The van der Waals surface area contributed by atoms with Crippen LogP contribution in [0.5, 0.6) is 11.5 Å². The van der Waals surface area contributed by atoms with Crippen LogP contribution < -0.4 is 14.8 Å². The molecule has 1 amide bonds. The smallest absolute Gasteiger partial charge is 0.262 e. The number of benzene rings is 2. The maximum atomic E-state index is 12.9. The molecule has 2 aromatic rings. The van der Waals surface area contributed by atoms with Crippen molar-refractivity contribution < 1.29 is 22.7 Å². The number of rotatable bonds is 7. The topological polar surface area (TPSA) is 84.9 Å². The van der Waals surface area contributed by atoms with Gasteiger partial charge in [0, 0.05) is 13.1 Å². The number of amides is 1. The lowest BCUT2D eigenvalue weighted by Crippen LogP contribution is -2.28. The predicted octanol–water partition coefficient (Wildman–Crippen LogP) is 3.38. The van der Waals surface area contributed by atoms with Crippen molar-refractivity contribution in [2.75, 3.05) is 32.1 Å². The number of aryl methyl sites for hydroxylation is 1. The number of hydrogen-bond acceptors (Lipinski definition) is 5. The molecule has 31 heavy (non-hydrogen) atoms. The number of methoxy groups -OCH3 is 1. The summed E-state index contributed by atoms with van der Waals surface area (Å²) in [5, 5.41) is 2.74. The van der Waals surface area contributed by atoms with Crippen LogP contribution in [0.25, 0.3) is 0 Å². The van der Waals surface area contributed by atoms with Crippen molar-refractivity contribution in [3.8, 4) is 11.5 Å². The van der Waals surface area contributed by atoms with Crippen LogP contribution in [0.1, 0.15) is 36.8 Å². The Kier molecular flexibility index (Phi) is 6.48. The number of nitrogens with one attached hydrogen (secondary N) is 1. The van der Waals surface area contributed by atoms with Crippen molar-refractivity contribution in [2.45, 2.75) is 43.4 Å². The second kappa shape index (κ2) is 9.28. The van der Waals surface area contributed by atoms with Gasteiger partial charge in [-0.15, -0.1) is 0 Å². The van der Waals surface area contributed by atoms with Gasteiger partial charge in [0.25, 0.3) is 5.91 Å². The van der Waals surface area contributed by atoms with Gasteiger partial charge in [-0.1, -0.05) is 12.1 Å². The summed E-state index contributed by atoms with van der Waals surface area (Å²) in [4.78, 5) is 12.7. The van der Waals surface area contributed by atoms with E-state index in [1.165, 1.54) is 41.1 Å². The van der Waals surface area contributed by atoms with Crippen molar-refractivity contribution in [1.29, 1.82) is 0 Å². The quantitative estimate of drug-likeness (QED) is 0.708. The third-order valence-electron chi connectivity index (χ3n) is 5.86. The molecule has 1 saturated heterocycles. The van der Waals surface area contributed by atoms with Crippen molar-refractivity contribution in [1.82, 2.24) is 4.31 Å². The average Bonchev–Trinajstić information content (AvgIpc) is 3.33. The minimum atomic E-state index is -3.59. The van der Waals surface area contributed by atoms with Crippen molar-refractivity contribution in [3.05, 3.63) is 47.5 Å². The fourth-order valence-electron chi connectivity index (χ4n) is 4.23. The Hall–Kier alpha value is -2.58. The molecule has 0 spiro atoms. The fourth-order valence-corrected chi connectivity index (χ4v) is 5.78. The molecule has 1 aliphatic carbocycles. The Bertz CT molecular complexity index is 1060. The van der Waals surface area contributed by atoms with Gasteiger partial charge in [0.15, 0.2) is 6.61 Å². The van der Waals surface area contributed by atoms with Gasteiger partial charge < -0.3 is 14.8 Å². The molecule has 0 bridgehead atoms. The van der Waals surface area contributed by atoms with Gasteiger partial charge in [0.2, 0.25) is 10.0 Å². The molecule has 8 heteroatoms. The van der Waals surface area contributed by atoms with Crippen LogP contribution in [0.4, 0.5) is 5.69 Å². The zero-order chi connectivity index (χ0) is 21.8. The van der Waals surface area contributed by atoms with E-state index in [9.17, 15) is 13.2 Å². The van der Waals surface area contributed by atoms with Crippen LogP contribution in [0.15, 0.2) is 41.3 Å². The zero-order valence-corrected chi connectivity index (χ0v) is 18.5. The first-order chi connectivity index (χ1) is 15.0. The highest BCUT2D eigenvalue weighted by molar-refractivity contribution is 7.89. The van der Waals surface area contributed by atoms with Gasteiger partial charge in [-0.2, -0.15) is 4.31 Å². The summed E-state index contributed by atoms with van der Waals surface area (Å²) in [5.74, 6) is 0.762. The summed E-state index contributed by atoms with van der Waals surface area (Å²) in [6.07, 6.45) is 6.01. The monoisotopic (exact) mass is 444 g/mol. The Morgan fingerprint density at radius 3 is 2.58 bits per heavy atom. The van der Waals surface area contributed by atoms with E-state index in [-0.39, 0.29) is 17.4 Å². The highest BCUT2D eigenvalue weighted by atomic mass is 32.2. The zero-order valence-electron chi connectivity index (χ0n) is 17.7. The molecule has 1 N–H and O–H groups in total. The van der Waals surface area contributed by atoms with Crippen LogP contribution in [0.2, 0.25) is 0 Å². The molecule has 0 radical (unpaired) electrons. The third-order valence-corrected chi connectivity index (χ3v) is 7.75. The summed E-state index contributed by atoms with van der Waals surface area (Å²) in [6, 6.07) is 10.5. The molecule has 0 aromatic heterocycles. The first-order valence-electron chi connectivity index (χ1n) is 10.7. The highest BCUT2D eigenvalue weighted by Crippen LogP contribution is 2.31. The fraction of sp³-hybridized carbons (Fsp3) is 0.435. The SMILES string of the molecule is COc1ccc(S(=O)(=O)N2CCCC2)cc1NC(=O)COc1cccc2c1CCCC2. The minimum Gasteiger partial charge on any atom is -0.495 e. The molecule has 1 heterocycles. The molecule has 2 aromatic carbocycles. The van der Waals surface area contributed by atoms with E-state index in [1.807, 2.05) is 12.1 Å². The van der Waals surface area contributed by atoms with E-state index in [2.05, 4.69) is 11.4 Å². The Labute approximate surface area is 183 Å². The second-order valence-electron chi connectivity index (χ2n) is 7.91. The van der Waals surface area contributed by atoms with Crippen LogP contribution in [-0.2, 0) is 27.7 Å². The Morgan fingerprint density at radius 2 is 1.81 bits per heavy atom. The lowest BCUT2D eigenvalue weighted by molar-refractivity contribution is -0.118. The number of sulfonamides is 1. The standard InChI is InChI=1S/C23H28N2O5S/c1-29-22-12-11-18(31(27,28)25-13-4-5-14-25)15-20(22)24-23(26)16-30-21-10-6-8-17-7-2-3-9-19(17)21/h6,8,10-12,15H,2-5,7,9,13-14,16H2,1H3,(H,24,26). The number of fused-ring (bicyclic) bond motifs is 1. The van der Waals surface area contributed by atoms with E-state index in [0.717, 1.165) is 37.9 Å². The van der Waals surface area contributed by atoms with Gasteiger partial charge in [-0.3, -0.25) is 4.79 Å². The molecular formula is C23H28N2O5S. The van der Waals surface area contributed by atoms with Gasteiger partial charge in [-0.25, -0.2) is 8.42 Å². The van der Waals surface area contributed by atoms with E-state index in [4.69, 9.17) is 9.47 Å². The maximum Gasteiger partial charge on any atom is 0.262 e. The number of hydrogen-bond donors (Lipinski definition) is 1. The van der Waals surface area contributed by atoms with Gasteiger partial charge >= 0.3 is 0 Å². The van der Waals surface area contributed by atoms with Crippen molar-refractivity contribution in [3.63, 3.8) is 0 Å². The molecule has 2 aliphatic rings. The van der Waals surface area contributed by atoms with Crippen molar-refractivity contribution in [2.24, 2.45) is 0 Å². The summed E-state index contributed by atoms with van der Waals surface area (Å²) in [7, 11) is -2.11. The van der Waals surface area contributed by atoms with Crippen LogP contribution in [0.3, 0.4) is 0 Å². The van der Waals surface area contributed by atoms with E-state index >= 15 is 0 Å². The van der Waals surface area contributed by atoms with E-state index in [1.54, 1.807) is 6.07 Å². The lowest BCUT2D eigenvalue weighted by atomic mass is 9.91. The summed E-state index contributed by atoms with van der Waals surface area (Å²) >= 11 is 0. The molecule has 7 nitrogen and oxygen atoms in total. The van der Waals surface area contributed by atoms with Crippen LogP contribution in [-0.4, -0.2) is 45.4 Å². The summed E-state index contributed by atoms with van der Waals surface area (Å²) in [5.41, 5.74) is 2.77. The Balaban J connectivity index is 1.47. The van der Waals surface area contributed by atoms with Crippen molar-refractivity contribution >= 4 is 21.6 Å². The number of anilines is 1. The molecular weight excluding hydrogens is 416 g/mol. The minimum absolute atomic E-state index is 0.142. The molecule has 0 atom stereocenters. The summed E-state index contributed by atoms with van der Waals surface area (Å²) in [6.45, 7) is 0.874. The maximum absolute atomic E-state index is 12.9. The normalized spacial score (nSPS) is 16.5. The predicted molar refractivity (Wildman–Crippen MR) is 118 cm³/mol. The first kappa shape index (κ1) is 21.6. The molecule has 0 saturated carbocycles. The number of ether oxygens (including phenoxy) is 2. The van der Waals surface area contributed by atoms with Gasteiger partial charge in [0.1, 0.15) is 11.5 Å². The summed E-state index contributed by atoms with van der Waals surface area (Å²) < 4.78 is 38.3. The molecule has 1 aliphatic heterocycles. The molecule has 1 fully saturated rings. The van der Waals surface area contributed by atoms with Crippen LogP contribution in [0, 0.1) is 0 Å².